The number of nitrogens with zero attached hydrogens (tertiary/aromatic N) is 1. The predicted molar refractivity (Wildman–Crippen MR) is 76.1 cm³/mol. The summed E-state index contributed by atoms with van der Waals surface area (Å²) < 4.78 is 13.6. The summed E-state index contributed by atoms with van der Waals surface area (Å²) in [6.45, 7) is 0. The highest BCUT2D eigenvalue weighted by Crippen LogP contribution is 2.34. The van der Waals surface area contributed by atoms with Crippen LogP contribution in [-0.2, 0) is 11.2 Å². The first-order chi connectivity index (χ1) is 9.57. The molecule has 0 unspecified atom stereocenters. The van der Waals surface area contributed by atoms with Gasteiger partial charge in [0.15, 0.2) is 5.13 Å². The second-order valence-corrected chi connectivity index (χ2v) is 6.13. The van der Waals surface area contributed by atoms with Crippen LogP contribution in [0.2, 0.25) is 0 Å². The van der Waals surface area contributed by atoms with Crippen LogP contribution in [0.4, 0.5) is 9.52 Å². The Bertz CT molecular complexity index is 651. The first-order valence-corrected chi connectivity index (χ1v) is 7.17. The molecule has 1 aliphatic carbocycles. The van der Waals surface area contributed by atoms with Crippen LogP contribution >= 0.6 is 11.3 Å². The van der Waals surface area contributed by atoms with Gasteiger partial charge in [0.1, 0.15) is 5.82 Å². The molecule has 1 aliphatic rings. The molecule has 0 bridgehead atoms. The first-order valence-electron chi connectivity index (χ1n) is 6.35. The van der Waals surface area contributed by atoms with Gasteiger partial charge < -0.3 is 11.1 Å². The van der Waals surface area contributed by atoms with E-state index in [4.69, 9.17) is 5.73 Å². The maximum atomic E-state index is 13.6. The lowest BCUT2D eigenvalue weighted by Crippen LogP contribution is -2.37. The lowest BCUT2D eigenvalue weighted by Gasteiger charge is -2.06. The van der Waals surface area contributed by atoms with Gasteiger partial charge in [-0.15, -0.1) is 11.3 Å². The Hall–Kier alpha value is -1.79. The second kappa shape index (κ2) is 4.96. The number of benzene rings is 1. The fourth-order valence-corrected chi connectivity index (χ4v) is 2.69. The highest BCUT2D eigenvalue weighted by atomic mass is 32.1. The molecule has 1 aromatic carbocycles. The summed E-state index contributed by atoms with van der Waals surface area (Å²) in [5.41, 5.74) is 5.71. The van der Waals surface area contributed by atoms with Crippen molar-refractivity contribution in [2.24, 2.45) is 5.73 Å². The van der Waals surface area contributed by atoms with Gasteiger partial charge in [-0.25, -0.2) is 9.37 Å². The van der Waals surface area contributed by atoms with Crippen LogP contribution in [0.25, 0.3) is 0 Å². The Labute approximate surface area is 119 Å². The number of carbonyl (C=O) groups excluding carboxylic acids is 1. The minimum atomic E-state index is -0.711. The molecule has 1 fully saturated rings. The smallest absolute Gasteiger partial charge is 0.246 e. The molecular formula is C14H14FN3OS. The predicted octanol–water partition coefficient (Wildman–Crippen LogP) is 2.30. The highest BCUT2D eigenvalue weighted by Gasteiger charge is 2.46. The largest absolute Gasteiger partial charge is 0.317 e. The zero-order chi connectivity index (χ0) is 14.2. The SMILES string of the molecule is NC1(C(=O)Nc2ncc(Cc3ccccc3F)s2)CC1. The molecule has 1 saturated carbocycles. The molecule has 4 nitrogen and oxygen atoms in total. The van der Waals surface area contributed by atoms with E-state index in [2.05, 4.69) is 10.3 Å². The van der Waals surface area contributed by atoms with Crippen molar-refractivity contribution in [2.45, 2.75) is 24.8 Å². The minimum Gasteiger partial charge on any atom is -0.317 e. The summed E-state index contributed by atoms with van der Waals surface area (Å²) in [4.78, 5) is 16.8. The Balaban J connectivity index is 1.68. The van der Waals surface area contributed by atoms with Gasteiger partial charge in [0.25, 0.3) is 0 Å². The molecule has 0 saturated heterocycles. The average Bonchev–Trinajstić information content (AvgIpc) is 3.03. The number of hydrogen-bond acceptors (Lipinski definition) is 4. The lowest BCUT2D eigenvalue weighted by atomic mass is 10.1. The number of nitrogens with one attached hydrogen (secondary N) is 1. The zero-order valence-electron chi connectivity index (χ0n) is 10.7. The van der Waals surface area contributed by atoms with Gasteiger partial charge in [0.05, 0.1) is 5.54 Å². The van der Waals surface area contributed by atoms with Crippen molar-refractivity contribution < 1.29 is 9.18 Å². The van der Waals surface area contributed by atoms with Crippen molar-refractivity contribution >= 4 is 22.4 Å². The van der Waals surface area contributed by atoms with Gasteiger partial charge in [-0.1, -0.05) is 18.2 Å². The summed E-state index contributed by atoms with van der Waals surface area (Å²) in [6, 6.07) is 6.64. The van der Waals surface area contributed by atoms with E-state index in [1.807, 2.05) is 0 Å². The van der Waals surface area contributed by atoms with E-state index in [0.29, 0.717) is 30.0 Å². The molecule has 104 valence electrons. The molecule has 0 radical (unpaired) electrons. The van der Waals surface area contributed by atoms with Crippen LogP contribution in [0.5, 0.6) is 0 Å². The average molecular weight is 291 g/mol. The van der Waals surface area contributed by atoms with Crippen LogP contribution in [0, 0.1) is 5.82 Å². The summed E-state index contributed by atoms with van der Waals surface area (Å²) in [5.74, 6) is -0.422. The molecule has 3 N–H and O–H groups in total. The number of halogens is 1. The minimum absolute atomic E-state index is 0.190. The van der Waals surface area contributed by atoms with Gasteiger partial charge in [0.2, 0.25) is 5.91 Å². The van der Waals surface area contributed by atoms with E-state index in [-0.39, 0.29) is 11.7 Å². The fraction of sp³-hybridized carbons (Fsp3) is 0.286. The molecule has 6 heteroatoms. The van der Waals surface area contributed by atoms with Crippen LogP contribution < -0.4 is 11.1 Å². The number of thiazole rings is 1. The molecule has 1 heterocycles. The molecule has 0 atom stereocenters. The molecule has 1 aromatic heterocycles. The van der Waals surface area contributed by atoms with Gasteiger partial charge >= 0.3 is 0 Å². The number of anilines is 1. The van der Waals surface area contributed by atoms with Crippen LogP contribution in [0.15, 0.2) is 30.5 Å². The summed E-state index contributed by atoms with van der Waals surface area (Å²) >= 11 is 1.34. The third-order valence-corrected chi connectivity index (χ3v) is 4.25. The standard InChI is InChI=1S/C14H14FN3OS/c15-11-4-2-1-3-9(11)7-10-8-17-13(20-10)18-12(19)14(16)5-6-14/h1-4,8H,5-7,16H2,(H,17,18,19). The van der Waals surface area contributed by atoms with Crippen LogP contribution in [0.3, 0.4) is 0 Å². The van der Waals surface area contributed by atoms with E-state index in [1.54, 1.807) is 24.4 Å². The molecule has 1 amide bonds. The van der Waals surface area contributed by atoms with Crippen molar-refractivity contribution in [1.82, 2.24) is 4.98 Å². The third kappa shape index (κ3) is 2.71. The quantitative estimate of drug-likeness (QED) is 0.908. The third-order valence-electron chi connectivity index (χ3n) is 3.34. The summed E-state index contributed by atoms with van der Waals surface area (Å²) in [5, 5.41) is 3.23. The molecule has 0 spiro atoms. The first kappa shape index (κ1) is 13.2. The van der Waals surface area contributed by atoms with Crippen LogP contribution in [0.1, 0.15) is 23.3 Å². The topological polar surface area (TPSA) is 68.0 Å². The molecular weight excluding hydrogens is 277 g/mol. The Kier molecular flexibility index (Phi) is 3.27. The van der Waals surface area contributed by atoms with Crippen LogP contribution in [-0.4, -0.2) is 16.4 Å². The maximum absolute atomic E-state index is 13.6. The van der Waals surface area contributed by atoms with E-state index < -0.39 is 5.54 Å². The van der Waals surface area contributed by atoms with E-state index in [1.165, 1.54) is 17.4 Å². The van der Waals surface area contributed by atoms with Crippen molar-refractivity contribution in [1.29, 1.82) is 0 Å². The Morgan fingerprint density at radius 2 is 2.20 bits per heavy atom. The van der Waals surface area contributed by atoms with Crippen molar-refractivity contribution in [2.75, 3.05) is 5.32 Å². The van der Waals surface area contributed by atoms with Gasteiger partial charge in [0, 0.05) is 17.5 Å². The lowest BCUT2D eigenvalue weighted by molar-refractivity contribution is -0.118. The van der Waals surface area contributed by atoms with Crippen molar-refractivity contribution in [3.8, 4) is 0 Å². The van der Waals surface area contributed by atoms with Gasteiger partial charge in [-0.05, 0) is 24.5 Å². The summed E-state index contributed by atoms with van der Waals surface area (Å²) in [7, 11) is 0. The molecule has 0 aliphatic heterocycles. The highest BCUT2D eigenvalue weighted by molar-refractivity contribution is 7.15. The number of rotatable bonds is 4. The van der Waals surface area contributed by atoms with Crippen molar-refractivity contribution in [3.05, 3.63) is 46.7 Å². The van der Waals surface area contributed by atoms with Gasteiger partial charge in [-0.2, -0.15) is 0 Å². The molecule has 20 heavy (non-hydrogen) atoms. The van der Waals surface area contributed by atoms with E-state index in [9.17, 15) is 9.18 Å². The monoisotopic (exact) mass is 291 g/mol. The zero-order valence-corrected chi connectivity index (χ0v) is 11.5. The number of carbonyl (C=O) groups is 1. The Morgan fingerprint density at radius 3 is 2.90 bits per heavy atom. The Morgan fingerprint density at radius 1 is 1.45 bits per heavy atom. The van der Waals surface area contributed by atoms with E-state index in [0.717, 1.165) is 4.88 Å². The van der Waals surface area contributed by atoms with Crippen molar-refractivity contribution in [3.63, 3.8) is 0 Å². The molecule has 3 rings (SSSR count). The van der Waals surface area contributed by atoms with Gasteiger partial charge in [-0.3, -0.25) is 4.79 Å². The van der Waals surface area contributed by atoms with E-state index >= 15 is 0 Å². The molecule has 2 aromatic rings. The maximum Gasteiger partial charge on any atom is 0.246 e. The number of nitrogens with two attached hydrogens (primary N) is 1. The number of amides is 1. The number of aromatic nitrogens is 1. The summed E-state index contributed by atoms with van der Waals surface area (Å²) in [6.07, 6.45) is 3.55. The fourth-order valence-electron chi connectivity index (χ4n) is 1.86. The second-order valence-electron chi connectivity index (χ2n) is 5.01. The number of hydrogen-bond donors (Lipinski definition) is 2. The normalized spacial score (nSPS) is 15.9.